The van der Waals surface area contributed by atoms with Gasteiger partial charge in [-0.25, -0.2) is 0 Å². The fourth-order valence-electron chi connectivity index (χ4n) is 6.88. The topological polar surface area (TPSA) is 77.4 Å². The molecule has 4 rings (SSSR count). The van der Waals surface area contributed by atoms with Crippen molar-refractivity contribution in [3.63, 3.8) is 0 Å². The van der Waals surface area contributed by atoms with Gasteiger partial charge in [-0.1, -0.05) is 22.5 Å². The van der Waals surface area contributed by atoms with E-state index in [4.69, 9.17) is 18.9 Å². The number of alkyl halides is 1. The van der Waals surface area contributed by atoms with Gasteiger partial charge in [0.2, 0.25) is 0 Å². The third-order valence-electron chi connectivity index (χ3n) is 9.88. The summed E-state index contributed by atoms with van der Waals surface area (Å²) in [7, 11) is 0. The van der Waals surface area contributed by atoms with Crippen LogP contribution < -0.4 is 0 Å². The molecule has 0 saturated carbocycles. The Kier molecular flexibility index (Phi) is 8.44. The predicted molar refractivity (Wildman–Crippen MR) is 149 cm³/mol. The number of fused-ring (bicyclic) bond motifs is 2. The molecule has 9 atom stereocenters. The van der Waals surface area contributed by atoms with Crippen LogP contribution in [0.1, 0.15) is 113 Å². The second-order valence-corrected chi connectivity index (χ2v) is 15.1. The standard InChI is InChI=1S/C30H51BrO6/c1-19(9-11-22(32)28(6)17-14-23(36-28)26(2,3)33)20-10-12-24-29(7,34-20)18-15-25-30(8,37-24)16-13-21(31)27(4,5)35-25/h20-25,32-33H,1,9-18H2,2-8H3/t20-,21-,22-,23-,24-,25+,28-,29+,30-/m0/s1. The van der Waals surface area contributed by atoms with Gasteiger partial charge < -0.3 is 29.2 Å². The number of hydrogen-bond donors (Lipinski definition) is 2. The lowest BCUT2D eigenvalue weighted by Crippen LogP contribution is -2.53. The fraction of sp³-hybridized carbons (Fsp3) is 0.933. The quantitative estimate of drug-likeness (QED) is 0.294. The van der Waals surface area contributed by atoms with E-state index in [9.17, 15) is 10.2 Å². The molecular weight excluding hydrogens is 536 g/mol. The first-order valence-corrected chi connectivity index (χ1v) is 15.3. The van der Waals surface area contributed by atoms with Crippen molar-refractivity contribution in [3.8, 4) is 0 Å². The predicted octanol–water partition coefficient (Wildman–Crippen LogP) is 5.99. The van der Waals surface area contributed by atoms with Crippen LogP contribution >= 0.6 is 15.9 Å². The lowest BCUT2D eigenvalue weighted by molar-refractivity contribution is -0.232. The smallest absolute Gasteiger partial charge is 0.0924 e. The molecule has 0 aliphatic carbocycles. The minimum atomic E-state index is -0.909. The van der Waals surface area contributed by atoms with E-state index in [0.717, 1.165) is 56.9 Å². The Hall–Kier alpha value is -0.0200. The van der Waals surface area contributed by atoms with Crippen molar-refractivity contribution in [2.24, 2.45) is 0 Å². The maximum absolute atomic E-state index is 11.0. The summed E-state index contributed by atoms with van der Waals surface area (Å²) < 4.78 is 26.5. The zero-order valence-electron chi connectivity index (χ0n) is 24.1. The van der Waals surface area contributed by atoms with Crippen molar-refractivity contribution in [1.82, 2.24) is 0 Å². The minimum absolute atomic E-state index is 0.0281. The average Bonchev–Trinajstić information content (AvgIpc) is 3.15. The van der Waals surface area contributed by atoms with Crippen molar-refractivity contribution in [2.75, 3.05) is 0 Å². The third kappa shape index (κ3) is 6.18. The Morgan fingerprint density at radius 1 is 0.892 bits per heavy atom. The summed E-state index contributed by atoms with van der Waals surface area (Å²) in [4.78, 5) is 0.308. The molecule has 4 heterocycles. The van der Waals surface area contributed by atoms with Gasteiger partial charge in [0, 0.05) is 4.83 Å². The minimum Gasteiger partial charge on any atom is -0.390 e. The van der Waals surface area contributed by atoms with Crippen LogP contribution in [0.25, 0.3) is 0 Å². The zero-order valence-corrected chi connectivity index (χ0v) is 25.7. The molecule has 0 amide bonds. The molecule has 4 fully saturated rings. The summed E-state index contributed by atoms with van der Waals surface area (Å²) in [5, 5.41) is 21.4. The number of rotatable bonds is 6. The molecule has 6 nitrogen and oxygen atoms in total. The highest BCUT2D eigenvalue weighted by Gasteiger charge is 2.54. The van der Waals surface area contributed by atoms with Gasteiger partial charge in [-0.3, -0.25) is 0 Å². The summed E-state index contributed by atoms with van der Waals surface area (Å²) in [5.41, 5.74) is -1.47. The van der Waals surface area contributed by atoms with Crippen LogP contribution in [0.5, 0.6) is 0 Å². The largest absolute Gasteiger partial charge is 0.390 e. The number of aliphatic hydroxyl groups excluding tert-OH is 1. The molecule has 0 aromatic carbocycles. The fourth-order valence-corrected chi connectivity index (χ4v) is 7.22. The monoisotopic (exact) mass is 586 g/mol. The zero-order chi connectivity index (χ0) is 27.4. The van der Waals surface area contributed by atoms with Gasteiger partial charge in [0.1, 0.15) is 0 Å². The maximum Gasteiger partial charge on any atom is 0.0924 e. The van der Waals surface area contributed by atoms with Crippen molar-refractivity contribution in [1.29, 1.82) is 0 Å². The van der Waals surface area contributed by atoms with E-state index in [1.165, 1.54) is 0 Å². The van der Waals surface area contributed by atoms with Gasteiger partial charge in [0.25, 0.3) is 0 Å². The molecule has 2 N–H and O–H groups in total. The Balaban J connectivity index is 1.35. The summed E-state index contributed by atoms with van der Waals surface area (Å²) in [6.07, 6.45) is 7.47. The first-order chi connectivity index (χ1) is 17.0. The summed E-state index contributed by atoms with van der Waals surface area (Å²) in [5.74, 6) is 0. The molecule has 0 aromatic rings. The number of ether oxygens (including phenoxy) is 4. The lowest BCUT2D eigenvalue weighted by atomic mass is 9.83. The second-order valence-electron chi connectivity index (χ2n) is 14.0. The van der Waals surface area contributed by atoms with E-state index in [1.54, 1.807) is 13.8 Å². The van der Waals surface area contributed by atoms with Crippen LogP contribution in [-0.4, -0.2) is 73.6 Å². The normalized spacial score (nSPS) is 45.3. The van der Waals surface area contributed by atoms with Gasteiger partial charge in [0.15, 0.2) is 0 Å². The molecule has 214 valence electrons. The van der Waals surface area contributed by atoms with Crippen molar-refractivity contribution in [3.05, 3.63) is 12.2 Å². The van der Waals surface area contributed by atoms with Crippen molar-refractivity contribution < 1.29 is 29.2 Å². The molecule has 4 saturated heterocycles. The highest BCUT2D eigenvalue weighted by atomic mass is 79.9. The molecule has 0 aromatic heterocycles. The SMILES string of the molecule is C=C(CC[C@H](O)[C@]1(C)CC[C@@H](C(C)(C)O)O1)[C@@H]1CC[C@@H]2O[C@@]3(C)CC[C@H](Br)C(C)(C)O[C@@H]3CC[C@@]2(C)O1. The Bertz CT molecular complexity index is 840. The summed E-state index contributed by atoms with van der Waals surface area (Å²) in [6.45, 7) is 18.6. The van der Waals surface area contributed by atoms with Crippen LogP contribution in [0.15, 0.2) is 12.2 Å². The maximum atomic E-state index is 11.0. The van der Waals surface area contributed by atoms with Crippen molar-refractivity contribution in [2.45, 2.75) is 176 Å². The third-order valence-corrected chi connectivity index (χ3v) is 11.4. The van der Waals surface area contributed by atoms with E-state index in [2.05, 4.69) is 50.2 Å². The van der Waals surface area contributed by atoms with Crippen LogP contribution in [0.2, 0.25) is 0 Å². The first kappa shape index (κ1) is 30.0. The highest BCUT2D eigenvalue weighted by Crippen LogP contribution is 2.48. The van der Waals surface area contributed by atoms with Gasteiger partial charge in [0.05, 0.1) is 58.5 Å². The van der Waals surface area contributed by atoms with Crippen LogP contribution in [0.3, 0.4) is 0 Å². The second kappa shape index (κ2) is 10.4. The molecule has 0 unspecified atom stereocenters. The number of halogens is 1. The molecule has 4 aliphatic rings. The van der Waals surface area contributed by atoms with Gasteiger partial charge in [-0.2, -0.15) is 0 Å². The summed E-state index contributed by atoms with van der Waals surface area (Å²) in [6, 6.07) is 0. The molecule has 0 spiro atoms. The van der Waals surface area contributed by atoms with E-state index < -0.39 is 17.3 Å². The lowest BCUT2D eigenvalue weighted by Gasteiger charge is -2.46. The Morgan fingerprint density at radius 3 is 2.16 bits per heavy atom. The first-order valence-electron chi connectivity index (χ1n) is 14.4. The highest BCUT2D eigenvalue weighted by molar-refractivity contribution is 9.09. The van der Waals surface area contributed by atoms with E-state index in [-0.39, 0.29) is 41.2 Å². The van der Waals surface area contributed by atoms with Crippen LogP contribution in [0, 0.1) is 0 Å². The number of hydrogen-bond acceptors (Lipinski definition) is 6. The molecule has 0 bridgehead atoms. The molecule has 4 aliphatic heterocycles. The molecule has 0 radical (unpaired) electrons. The van der Waals surface area contributed by atoms with Gasteiger partial charge >= 0.3 is 0 Å². The van der Waals surface area contributed by atoms with Crippen LogP contribution in [0.4, 0.5) is 0 Å². The van der Waals surface area contributed by atoms with E-state index in [0.29, 0.717) is 17.7 Å². The van der Waals surface area contributed by atoms with E-state index in [1.807, 2.05) is 6.92 Å². The Morgan fingerprint density at radius 2 is 1.51 bits per heavy atom. The molecular formula is C30H51BrO6. The van der Waals surface area contributed by atoms with Crippen LogP contribution in [-0.2, 0) is 18.9 Å². The summed E-state index contributed by atoms with van der Waals surface area (Å²) >= 11 is 3.85. The molecule has 37 heavy (non-hydrogen) atoms. The molecule has 7 heteroatoms. The van der Waals surface area contributed by atoms with Gasteiger partial charge in [-0.05, 0) is 118 Å². The average molecular weight is 588 g/mol. The van der Waals surface area contributed by atoms with Crippen molar-refractivity contribution >= 4 is 15.9 Å². The van der Waals surface area contributed by atoms with Gasteiger partial charge in [-0.15, -0.1) is 0 Å². The Labute approximate surface area is 233 Å². The number of aliphatic hydroxyl groups is 2. The van der Waals surface area contributed by atoms with E-state index >= 15 is 0 Å².